The van der Waals surface area contributed by atoms with Crippen LogP contribution in [0.15, 0.2) is 42.5 Å². The quantitative estimate of drug-likeness (QED) is 0.831. The fraction of sp³-hybridized carbons (Fsp3) is 0.409. The number of methoxy groups -OCH3 is 2. The number of carbonyl (C=O) groups excluding carboxylic acids is 1. The molecule has 5 nitrogen and oxygen atoms in total. The highest BCUT2D eigenvalue weighted by molar-refractivity contribution is 5.94. The summed E-state index contributed by atoms with van der Waals surface area (Å²) in [4.78, 5) is 15.1. The minimum atomic E-state index is -0.204. The molecule has 0 unspecified atom stereocenters. The maximum Gasteiger partial charge on any atom is 0.251 e. The molecule has 0 spiro atoms. The zero-order valence-electron chi connectivity index (χ0n) is 16.3. The molecule has 27 heavy (non-hydrogen) atoms. The number of carbonyl (C=O) groups is 1. The number of ether oxygens (including phenoxy) is 2. The molecule has 1 aliphatic heterocycles. The van der Waals surface area contributed by atoms with Crippen LogP contribution in [0.2, 0.25) is 0 Å². The molecule has 1 N–H and O–H groups in total. The van der Waals surface area contributed by atoms with Crippen LogP contribution in [0.1, 0.15) is 48.1 Å². The van der Waals surface area contributed by atoms with Gasteiger partial charge in [0.1, 0.15) is 11.5 Å². The van der Waals surface area contributed by atoms with Crippen molar-refractivity contribution in [3.63, 3.8) is 0 Å². The van der Waals surface area contributed by atoms with E-state index in [0.29, 0.717) is 5.56 Å². The van der Waals surface area contributed by atoms with Crippen LogP contribution in [0.5, 0.6) is 11.5 Å². The Morgan fingerprint density at radius 3 is 2.33 bits per heavy atom. The van der Waals surface area contributed by atoms with Gasteiger partial charge in [0, 0.05) is 29.9 Å². The summed E-state index contributed by atoms with van der Waals surface area (Å²) in [5.41, 5.74) is 2.73. The topological polar surface area (TPSA) is 50.8 Å². The first-order chi connectivity index (χ1) is 13.1. The third kappa shape index (κ3) is 4.54. The third-order valence-corrected chi connectivity index (χ3v) is 5.10. The standard InChI is InChI=1S/C22H28N2O3/c1-16(20-15-19(26-2)11-12-21(20)27-3)23-22(25)17-7-9-18(10-8-17)24-13-5-4-6-14-24/h7-12,15-16H,4-6,13-14H2,1-3H3,(H,23,25)/t16-/m1/s1. The Bertz CT molecular complexity index is 768. The summed E-state index contributed by atoms with van der Waals surface area (Å²) in [5, 5.41) is 3.05. The van der Waals surface area contributed by atoms with Crippen LogP contribution in [0.25, 0.3) is 0 Å². The van der Waals surface area contributed by atoms with Gasteiger partial charge in [-0.05, 0) is 68.7 Å². The number of anilines is 1. The first kappa shape index (κ1) is 19.1. The second-order valence-electron chi connectivity index (χ2n) is 6.90. The fourth-order valence-electron chi connectivity index (χ4n) is 3.51. The average Bonchev–Trinajstić information content (AvgIpc) is 2.73. The van der Waals surface area contributed by atoms with Crippen molar-refractivity contribution < 1.29 is 14.3 Å². The first-order valence-corrected chi connectivity index (χ1v) is 9.50. The average molecular weight is 368 g/mol. The van der Waals surface area contributed by atoms with Crippen LogP contribution in [-0.2, 0) is 0 Å². The van der Waals surface area contributed by atoms with E-state index in [-0.39, 0.29) is 11.9 Å². The first-order valence-electron chi connectivity index (χ1n) is 9.50. The summed E-state index contributed by atoms with van der Waals surface area (Å²) in [7, 11) is 3.25. The molecule has 2 aromatic carbocycles. The van der Waals surface area contributed by atoms with Gasteiger partial charge in [-0.15, -0.1) is 0 Å². The van der Waals surface area contributed by atoms with Gasteiger partial charge in [-0.3, -0.25) is 4.79 Å². The van der Waals surface area contributed by atoms with E-state index in [4.69, 9.17) is 9.47 Å². The van der Waals surface area contributed by atoms with Crippen molar-refractivity contribution in [2.45, 2.75) is 32.2 Å². The summed E-state index contributed by atoms with van der Waals surface area (Å²) < 4.78 is 10.7. The van der Waals surface area contributed by atoms with Crippen molar-refractivity contribution in [1.82, 2.24) is 5.32 Å². The number of nitrogens with zero attached hydrogens (tertiary/aromatic N) is 1. The number of piperidine rings is 1. The lowest BCUT2D eigenvalue weighted by Gasteiger charge is -2.28. The second kappa shape index (κ2) is 8.80. The van der Waals surface area contributed by atoms with Gasteiger partial charge in [0.05, 0.1) is 20.3 Å². The van der Waals surface area contributed by atoms with Gasteiger partial charge in [0.25, 0.3) is 5.91 Å². The molecule has 0 bridgehead atoms. The van der Waals surface area contributed by atoms with Gasteiger partial charge in [-0.2, -0.15) is 0 Å². The zero-order valence-corrected chi connectivity index (χ0v) is 16.3. The van der Waals surface area contributed by atoms with E-state index < -0.39 is 0 Å². The maximum absolute atomic E-state index is 12.7. The molecule has 5 heteroatoms. The van der Waals surface area contributed by atoms with Gasteiger partial charge < -0.3 is 19.7 Å². The Morgan fingerprint density at radius 1 is 1.00 bits per heavy atom. The third-order valence-electron chi connectivity index (χ3n) is 5.10. The van der Waals surface area contributed by atoms with Gasteiger partial charge in [0.2, 0.25) is 0 Å². The van der Waals surface area contributed by atoms with Crippen molar-refractivity contribution in [1.29, 1.82) is 0 Å². The molecule has 1 fully saturated rings. The lowest BCUT2D eigenvalue weighted by molar-refractivity contribution is 0.0939. The van der Waals surface area contributed by atoms with Gasteiger partial charge in [-0.1, -0.05) is 0 Å². The zero-order chi connectivity index (χ0) is 19.2. The molecule has 2 aromatic rings. The van der Waals surface area contributed by atoms with Crippen LogP contribution in [0.4, 0.5) is 5.69 Å². The molecule has 0 saturated carbocycles. The molecule has 0 radical (unpaired) electrons. The predicted molar refractivity (Wildman–Crippen MR) is 108 cm³/mol. The summed E-state index contributed by atoms with van der Waals surface area (Å²) in [6.07, 6.45) is 3.78. The number of rotatable bonds is 6. The van der Waals surface area contributed by atoms with Gasteiger partial charge in [-0.25, -0.2) is 0 Å². The Balaban J connectivity index is 1.69. The van der Waals surface area contributed by atoms with Crippen LogP contribution in [0, 0.1) is 0 Å². The number of benzene rings is 2. The molecule has 144 valence electrons. The minimum absolute atomic E-state index is 0.0995. The van der Waals surface area contributed by atoms with E-state index >= 15 is 0 Å². The van der Waals surface area contributed by atoms with Gasteiger partial charge in [0.15, 0.2) is 0 Å². The molecule has 1 saturated heterocycles. The van der Waals surface area contributed by atoms with Crippen molar-refractivity contribution >= 4 is 11.6 Å². The lowest BCUT2D eigenvalue weighted by atomic mass is 10.1. The molecule has 0 aliphatic carbocycles. The Kier molecular flexibility index (Phi) is 6.22. The SMILES string of the molecule is COc1ccc(OC)c([C@@H](C)NC(=O)c2ccc(N3CCCCC3)cc2)c1. The Hall–Kier alpha value is -2.69. The highest BCUT2D eigenvalue weighted by Gasteiger charge is 2.17. The van der Waals surface area contributed by atoms with Crippen LogP contribution < -0.4 is 19.7 Å². The number of hydrogen-bond donors (Lipinski definition) is 1. The summed E-state index contributed by atoms with van der Waals surface area (Å²) in [5.74, 6) is 1.36. The van der Waals surface area contributed by atoms with E-state index in [1.165, 1.54) is 24.9 Å². The second-order valence-corrected chi connectivity index (χ2v) is 6.90. The largest absolute Gasteiger partial charge is 0.497 e. The minimum Gasteiger partial charge on any atom is -0.497 e. The number of hydrogen-bond acceptors (Lipinski definition) is 4. The molecule has 0 aromatic heterocycles. The highest BCUT2D eigenvalue weighted by Crippen LogP contribution is 2.29. The maximum atomic E-state index is 12.7. The summed E-state index contributed by atoms with van der Waals surface area (Å²) in [6.45, 7) is 4.13. The van der Waals surface area contributed by atoms with Crippen molar-refractivity contribution in [3.8, 4) is 11.5 Å². The van der Waals surface area contributed by atoms with Crippen molar-refractivity contribution in [2.24, 2.45) is 0 Å². The molecule has 1 atom stereocenters. The molecule has 1 aliphatic rings. The molecule has 1 heterocycles. The monoisotopic (exact) mass is 368 g/mol. The van der Waals surface area contributed by atoms with Crippen LogP contribution in [0.3, 0.4) is 0 Å². The fourth-order valence-corrected chi connectivity index (χ4v) is 3.51. The van der Waals surface area contributed by atoms with E-state index in [1.54, 1.807) is 14.2 Å². The normalized spacial score (nSPS) is 15.1. The summed E-state index contributed by atoms with van der Waals surface area (Å²) >= 11 is 0. The van der Waals surface area contributed by atoms with E-state index in [9.17, 15) is 4.79 Å². The van der Waals surface area contributed by atoms with Gasteiger partial charge >= 0.3 is 0 Å². The Morgan fingerprint density at radius 2 is 1.70 bits per heavy atom. The van der Waals surface area contributed by atoms with E-state index in [2.05, 4.69) is 10.2 Å². The van der Waals surface area contributed by atoms with E-state index in [0.717, 1.165) is 30.2 Å². The summed E-state index contributed by atoms with van der Waals surface area (Å²) in [6, 6.07) is 13.3. The van der Waals surface area contributed by atoms with Crippen molar-refractivity contribution in [2.75, 3.05) is 32.2 Å². The van der Waals surface area contributed by atoms with Crippen molar-refractivity contribution in [3.05, 3.63) is 53.6 Å². The van der Waals surface area contributed by atoms with E-state index in [1.807, 2.05) is 49.4 Å². The Labute approximate surface area is 161 Å². The molecule has 1 amide bonds. The molecular weight excluding hydrogens is 340 g/mol. The molecule has 3 rings (SSSR count). The van der Waals surface area contributed by atoms with Crippen LogP contribution >= 0.6 is 0 Å². The number of nitrogens with one attached hydrogen (secondary N) is 1. The highest BCUT2D eigenvalue weighted by atomic mass is 16.5. The predicted octanol–water partition coefficient (Wildman–Crippen LogP) is 4.19. The number of amides is 1. The smallest absolute Gasteiger partial charge is 0.251 e. The molecular formula is C22H28N2O3. The lowest BCUT2D eigenvalue weighted by Crippen LogP contribution is -2.29. The van der Waals surface area contributed by atoms with Crippen LogP contribution in [-0.4, -0.2) is 33.2 Å².